The SMILES string of the molecule is CC(C)(CCCC1(C)OCCO1)CNC[C@@H](O)[C@H](Cc1ccccc1)NC(=O)O. The molecule has 0 bridgehead atoms. The van der Waals surface area contributed by atoms with E-state index in [-0.39, 0.29) is 5.41 Å². The van der Waals surface area contributed by atoms with Crippen molar-refractivity contribution in [3.05, 3.63) is 35.9 Å². The Balaban J connectivity index is 1.75. The zero-order chi connectivity index (χ0) is 21.3. The molecule has 4 N–H and O–H groups in total. The van der Waals surface area contributed by atoms with E-state index in [4.69, 9.17) is 14.6 Å². The number of benzene rings is 1. The number of amides is 1. The molecule has 0 aliphatic carbocycles. The highest BCUT2D eigenvalue weighted by Gasteiger charge is 2.31. The van der Waals surface area contributed by atoms with Crippen LogP contribution in [0.3, 0.4) is 0 Å². The van der Waals surface area contributed by atoms with Gasteiger partial charge in [0.1, 0.15) is 0 Å². The van der Waals surface area contributed by atoms with Gasteiger partial charge >= 0.3 is 6.09 Å². The molecule has 164 valence electrons. The number of rotatable bonds is 12. The summed E-state index contributed by atoms with van der Waals surface area (Å²) in [6.45, 7) is 8.73. The number of ether oxygens (including phenoxy) is 2. The van der Waals surface area contributed by atoms with Crippen LogP contribution in [0.4, 0.5) is 4.79 Å². The number of nitrogens with one attached hydrogen (secondary N) is 2. The number of hydrogen-bond donors (Lipinski definition) is 4. The molecule has 1 saturated heterocycles. The van der Waals surface area contributed by atoms with E-state index in [1.54, 1.807) is 0 Å². The predicted molar refractivity (Wildman–Crippen MR) is 112 cm³/mol. The van der Waals surface area contributed by atoms with Crippen LogP contribution in [0.1, 0.15) is 45.6 Å². The van der Waals surface area contributed by atoms with E-state index in [9.17, 15) is 9.90 Å². The lowest BCUT2D eigenvalue weighted by Gasteiger charge is -2.29. The van der Waals surface area contributed by atoms with Crippen LogP contribution in [0, 0.1) is 5.41 Å². The summed E-state index contributed by atoms with van der Waals surface area (Å²) in [7, 11) is 0. The van der Waals surface area contributed by atoms with Crippen molar-refractivity contribution < 1.29 is 24.5 Å². The van der Waals surface area contributed by atoms with Crippen molar-refractivity contribution in [3.8, 4) is 0 Å². The van der Waals surface area contributed by atoms with Crippen molar-refractivity contribution in [1.82, 2.24) is 10.6 Å². The Morgan fingerprint density at radius 1 is 1.24 bits per heavy atom. The highest BCUT2D eigenvalue weighted by Crippen LogP contribution is 2.29. The third-order valence-corrected chi connectivity index (χ3v) is 5.41. The Bertz CT molecular complexity index is 617. The van der Waals surface area contributed by atoms with Gasteiger partial charge < -0.3 is 30.3 Å². The fraction of sp³-hybridized carbons (Fsp3) is 0.682. The molecule has 1 fully saturated rings. The molecule has 7 heteroatoms. The second kappa shape index (κ2) is 10.9. The smallest absolute Gasteiger partial charge is 0.404 e. The second-order valence-corrected chi connectivity index (χ2v) is 8.79. The first-order chi connectivity index (χ1) is 13.7. The molecule has 1 aromatic rings. The minimum absolute atomic E-state index is 0.0455. The molecule has 1 aliphatic heterocycles. The van der Waals surface area contributed by atoms with E-state index >= 15 is 0 Å². The molecule has 0 spiro atoms. The summed E-state index contributed by atoms with van der Waals surface area (Å²) in [6, 6.07) is 9.01. The summed E-state index contributed by atoms with van der Waals surface area (Å²) in [5.74, 6) is -0.452. The summed E-state index contributed by atoms with van der Waals surface area (Å²) in [5, 5.41) is 25.4. The quantitative estimate of drug-likeness (QED) is 0.424. The van der Waals surface area contributed by atoms with Gasteiger partial charge in [0.2, 0.25) is 0 Å². The molecule has 0 unspecified atom stereocenters. The van der Waals surface area contributed by atoms with E-state index in [1.165, 1.54) is 0 Å². The number of carbonyl (C=O) groups is 1. The normalized spacial score (nSPS) is 18.3. The van der Waals surface area contributed by atoms with E-state index < -0.39 is 24.0 Å². The molecule has 1 aromatic carbocycles. The molecular weight excluding hydrogens is 372 g/mol. The van der Waals surface area contributed by atoms with E-state index in [0.29, 0.717) is 26.2 Å². The second-order valence-electron chi connectivity index (χ2n) is 8.79. The molecular formula is C22H36N2O5. The zero-order valence-electron chi connectivity index (χ0n) is 17.8. The van der Waals surface area contributed by atoms with Crippen molar-refractivity contribution in [2.75, 3.05) is 26.3 Å². The fourth-order valence-corrected chi connectivity index (χ4v) is 3.69. The standard InChI is InChI=1S/C22H36N2O5/c1-21(2,10-7-11-22(3)28-12-13-29-22)16-23-15-19(25)18(24-20(26)27)14-17-8-5-4-6-9-17/h4-6,8-9,18-19,23-25H,7,10-16H2,1-3H3,(H,26,27)/t18-,19+/m0/s1. The van der Waals surface area contributed by atoms with E-state index in [2.05, 4.69) is 24.5 Å². The Hall–Kier alpha value is -1.67. The Kier molecular flexibility index (Phi) is 8.89. The zero-order valence-corrected chi connectivity index (χ0v) is 17.8. The van der Waals surface area contributed by atoms with Crippen LogP contribution in [0.2, 0.25) is 0 Å². The molecule has 1 amide bonds. The van der Waals surface area contributed by atoms with Gasteiger partial charge in [0.25, 0.3) is 0 Å². The number of carboxylic acid groups (broad SMARTS) is 1. The largest absolute Gasteiger partial charge is 0.465 e. The lowest BCUT2D eigenvalue weighted by Crippen LogP contribution is -2.49. The summed E-state index contributed by atoms with van der Waals surface area (Å²) in [6.07, 6.45) is 1.35. The molecule has 1 aliphatic rings. The van der Waals surface area contributed by atoms with Gasteiger partial charge in [-0.3, -0.25) is 0 Å². The average Bonchev–Trinajstić information content (AvgIpc) is 3.07. The number of aliphatic hydroxyl groups is 1. The Labute approximate surface area is 173 Å². The van der Waals surface area contributed by atoms with Crippen LogP contribution in [-0.4, -0.2) is 60.5 Å². The highest BCUT2D eigenvalue weighted by atomic mass is 16.7. The van der Waals surface area contributed by atoms with Gasteiger partial charge in [0.15, 0.2) is 5.79 Å². The van der Waals surface area contributed by atoms with Crippen molar-refractivity contribution in [2.24, 2.45) is 5.41 Å². The first kappa shape index (κ1) is 23.6. The van der Waals surface area contributed by atoms with Gasteiger partial charge in [-0.1, -0.05) is 44.2 Å². The summed E-state index contributed by atoms with van der Waals surface area (Å²) < 4.78 is 11.3. The van der Waals surface area contributed by atoms with Crippen LogP contribution in [0.25, 0.3) is 0 Å². The van der Waals surface area contributed by atoms with Crippen molar-refractivity contribution in [2.45, 2.75) is 64.4 Å². The molecule has 2 rings (SSSR count). The maximum Gasteiger partial charge on any atom is 0.404 e. The van der Waals surface area contributed by atoms with Gasteiger partial charge in [0.05, 0.1) is 25.4 Å². The minimum atomic E-state index is -1.13. The lowest BCUT2D eigenvalue weighted by atomic mass is 9.86. The maximum absolute atomic E-state index is 11.1. The molecule has 0 radical (unpaired) electrons. The third-order valence-electron chi connectivity index (χ3n) is 5.41. The lowest BCUT2D eigenvalue weighted by molar-refractivity contribution is -0.148. The molecule has 0 aromatic heterocycles. The number of aliphatic hydroxyl groups excluding tert-OH is 1. The molecule has 2 atom stereocenters. The summed E-state index contributed by atoms with van der Waals surface area (Å²) in [4.78, 5) is 11.1. The van der Waals surface area contributed by atoms with Gasteiger partial charge in [-0.25, -0.2) is 4.79 Å². The topological polar surface area (TPSA) is 100 Å². The molecule has 7 nitrogen and oxygen atoms in total. The number of hydrogen-bond acceptors (Lipinski definition) is 5. The third kappa shape index (κ3) is 8.70. The van der Waals surface area contributed by atoms with Gasteiger partial charge in [-0.05, 0) is 37.2 Å². The molecule has 0 saturated carbocycles. The monoisotopic (exact) mass is 408 g/mol. The summed E-state index contributed by atoms with van der Waals surface area (Å²) in [5.41, 5.74) is 1.03. The Morgan fingerprint density at radius 3 is 2.52 bits per heavy atom. The van der Waals surface area contributed by atoms with Crippen LogP contribution >= 0.6 is 0 Å². The maximum atomic E-state index is 11.1. The molecule has 29 heavy (non-hydrogen) atoms. The minimum Gasteiger partial charge on any atom is -0.465 e. The summed E-state index contributed by atoms with van der Waals surface area (Å²) >= 11 is 0. The van der Waals surface area contributed by atoms with E-state index in [1.807, 2.05) is 37.3 Å². The average molecular weight is 409 g/mol. The fourth-order valence-electron chi connectivity index (χ4n) is 3.69. The van der Waals surface area contributed by atoms with Crippen molar-refractivity contribution in [1.29, 1.82) is 0 Å². The van der Waals surface area contributed by atoms with E-state index in [0.717, 1.165) is 31.4 Å². The first-order valence-electron chi connectivity index (χ1n) is 10.4. The highest BCUT2D eigenvalue weighted by molar-refractivity contribution is 5.65. The van der Waals surface area contributed by atoms with Crippen LogP contribution < -0.4 is 10.6 Å². The predicted octanol–water partition coefficient (Wildman–Crippen LogP) is 2.78. The van der Waals surface area contributed by atoms with Crippen molar-refractivity contribution >= 4 is 6.09 Å². The van der Waals surface area contributed by atoms with Gasteiger partial charge in [-0.15, -0.1) is 0 Å². The van der Waals surface area contributed by atoms with Crippen LogP contribution in [0.5, 0.6) is 0 Å². The van der Waals surface area contributed by atoms with Gasteiger partial charge in [0, 0.05) is 19.5 Å². The van der Waals surface area contributed by atoms with Crippen molar-refractivity contribution in [3.63, 3.8) is 0 Å². The molecule has 1 heterocycles. The van der Waals surface area contributed by atoms with Gasteiger partial charge in [-0.2, -0.15) is 0 Å². The first-order valence-corrected chi connectivity index (χ1v) is 10.4. The Morgan fingerprint density at radius 2 is 1.90 bits per heavy atom. The van der Waals surface area contributed by atoms with Crippen LogP contribution in [0.15, 0.2) is 30.3 Å². The van der Waals surface area contributed by atoms with Crippen LogP contribution in [-0.2, 0) is 15.9 Å².